The second-order valence-electron chi connectivity index (χ2n) is 5.62. The number of hydrogen-bond acceptors (Lipinski definition) is 4. The second-order valence-corrected chi connectivity index (χ2v) is 6.06. The third-order valence-electron chi connectivity index (χ3n) is 3.86. The number of ether oxygens (including phenoxy) is 1. The van der Waals surface area contributed by atoms with Crippen LogP contribution in [0.1, 0.15) is 0 Å². The number of carbonyl (C=O) groups excluding carboxylic acids is 2. The van der Waals surface area contributed by atoms with E-state index < -0.39 is 6.10 Å². The van der Waals surface area contributed by atoms with Gasteiger partial charge in [-0.2, -0.15) is 0 Å². The van der Waals surface area contributed by atoms with E-state index in [2.05, 4.69) is 10.6 Å². The fraction of sp³-hybridized carbons (Fsp3) is 0.222. The summed E-state index contributed by atoms with van der Waals surface area (Å²) in [5.41, 5.74) is 1.45. The molecule has 0 unspecified atom stereocenters. The Morgan fingerprint density at radius 3 is 2.64 bits per heavy atom. The molecule has 0 radical (unpaired) electrons. The lowest BCUT2D eigenvalue weighted by molar-refractivity contribution is -0.127. The summed E-state index contributed by atoms with van der Waals surface area (Å²) >= 11 is 5.85. The molecule has 0 saturated heterocycles. The molecule has 25 heavy (non-hydrogen) atoms. The Labute approximate surface area is 150 Å². The maximum absolute atomic E-state index is 12.4. The minimum absolute atomic E-state index is 0.108. The Morgan fingerprint density at radius 1 is 1.20 bits per heavy atom. The fourth-order valence-corrected chi connectivity index (χ4v) is 2.79. The van der Waals surface area contributed by atoms with Gasteiger partial charge in [-0.1, -0.05) is 23.7 Å². The van der Waals surface area contributed by atoms with E-state index in [4.69, 9.17) is 16.3 Å². The number of anilines is 2. The molecule has 1 aliphatic rings. The van der Waals surface area contributed by atoms with Crippen molar-refractivity contribution in [1.82, 2.24) is 5.32 Å². The highest BCUT2D eigenvalue weighted by Gasteiger charge is 2.30. The number of nitrogens with zero attached hydrogens (tertiary/aromatic N) is 1. The standard InChI is InChI=1S/C18H18ClN3O3/c1-20-18(24)16-10-22(14-4-2-3-5-15(14)25-16)11-17(23)21-13-8-6-12(19)7-9-13/h2-9,16H,10-11H2,1H3,(H,20,24)(H,21,23)/t16-/m0/s1. The van der Waals surface area contributed by atoms with Gasteiger partial charge in [-0.25, -0.2) is 0 Å². The van der Waals surface area contributed by atoms with Crippen molar-refractivity contribution in [2.75, 3.05) is 30.4 Å². The Bertz CT molecular complexity index is 779. The van der Waals surface area contributed by atoms with Gasteiger partial charge < -0.3 is 20.3 Å². The van der Waals surface area contributed by atoms with E-state index >= 15 is 0 Å². The Kier molecular flexibility index (Phi) is 5.09. The van der Waals surface area contributed by atoms with Crippen LogP contribution in [0.25, 0.3) is 0 Å². The van der Waals surface area contributed by atoms with Gasteiger partial charge in [0.05, 0.1) is 18.8 Å². The van der Waals surface area contributed by atoms with Crippen molar-refractivity contribution in [1.29, 1.82) is 0 Å². The molecule has 130 valence electrons. The van der Waals surface area contributed by atoms with Crippen LogP contribution in [0.3, 0.4) is 0 Å². The number of likely N-dealkylation sites (N-methyl/N-ethyl adjacent to an activating group) is 1. The molecule has 0 fully saturated rings. The van der Waals surface area contributed by atoms with E-state index in [0.717, 1.165) is 5.69 Å². The summed E-state index contributed by atoms with van der Waals surface area (Å²) in [5, 5.41) is 6.01. The summed E-state index contributed by atoms with van der Waals surface area (Å²) in [6.07, 6.45) is -0.664. The monoisotopic (exact) mass is 359 g/mol. The van der Waals surface area contributed by atoms with Crippen LogP contribution in [0.4, 0.5) is 11.4 Å². The van der Waals surface area contributed by atoms with Crippen LogP contribution in [-0.2, 0) is 9.59 Å². The van der Waals surface area contributed by atoms with Crippen molar-refractivity contribution in [3.05, 3.63) is 53.6 Å². The number of amides is 2. The van der Waals surface area contributed by atoms with Gasteiger partial charge in [-0.3, -0.25) is 9.59 Å². The first-order valence-electron chi connectivity index (χ1n) is 7.84. The first kappa shape index (κ1) is 17.1. The average molecular weight is 360 g/mol. The zero-order valence-corrected chi connectivity index (χ0v) is 14.4. The summed E-state index contributed by atoms with van der Waals surface area (Å²) in [6, 6.07) is 14.2. The van der Waals surface area contributed by atoms with Crippen LogP contribution in [0.15, 0.2) is 48.5 Å². The predicted molar refractivity (Wildman–Crippen MR) is 97.2 cm³/mol. The zero-order chi connectivity index (χ0) is 17.8. The molecule has 3 rings (SSSR count). The van der Waals surface area contributed by atoms with E-state index in [0.29, 0.717) is 23.0 Å². The predicted octanol–water partition coefficient (Wildman–Crippen LogP) is 2.29. The number of para-hydroxylation sites is 2. The minimum atomic E-state index is -0.664. The highest BCUT2D eigenvalue weighted by molar-refractivity contribution is 6.30. The summed E-state index contributed by atoms with van der Waals surface area (Å²) in [6.45, 7) is 0.404. The van der Waals surface area contributed by atoms with Crippen molar-refractivity contribution in [2.45, 2.75) is 6.10 Å². The molecule has 0 aromatic heterocycles. The van der Waals surface area contributed by atoms with Crippen LogP contribution in [-0.4, -0.2) is 38.1 Å². The highest BCUT2D eigenvalue weighted by Crippen LogP contribution is 2.32. The van der Waals surface area contributed by atoms with Crippen molar-refractivity contribution >= 4 is 34.8 Å². The Balaban J connectivity index is 1.74. The van der Waals surface area contributed by atoms with Gasteiger partial charge in [0, 0.05) is 17.8 Å². The van der Waals surface area contributed by atoms with E-state index in [-0.39, 0.29) is 18.4 Å². The lowest BCUT2D eigenvalue weighted by Gasteiger charge is -2.34. The summed E-state index contributed by atoms with van der Waals surface area (Å²) in [7, 11) is 1.56. The highest BCUT2D eigenvalue weighted by atomic mass is 35.5. The number of carbonyl (C=O) groups is 2. The van der Waals surface area contributed by atoms with Crippen molar-refractivity contribution in [3.63, 3.8) is 0 Å². The van der Waals surface area contributed by atoms with E-state index in [1.165, 1.54) is 0 Å². The molecule has 1 atom stereocenters. The van der Waals surface area contributed by atoms with Gasteiger partial charge in [0.2, 0.25) is 5.91 Å². The molecular formula is C18H18ClN3O3. The van der Waals surface area contributed by atoms with Gasteiger partial charge in [0.25, 0.3) is 5.91 Å². The smallest absolute Gasteiger partial charge is 0.262 e. The van der Waals surface area contributed by atoms with Gasteiger partial charge in [-0.05, 0) is 36.4 Å². The van der Waals surface area contributed by atoms with Crippen molar-refractivity contribution < 1.29 is 14.3 Å². The molecule has 2 amide bonds. The van der Waals surface area contributed by atoms with Crippen molar-refractivity contribution in [2.24, 2.45) is 0 Å². The molecule has 1 heterocycles. The third-order valence-corrected chi connectivity index (χ3v) is 4.11. The molecule has 6 nitrogen and oxygen atoms in total. The molecular weight excluding hydrogens is 342 g/mol. The van der Waals surface area contributed by atoms with Gasteiger partial charge in [0.1, 0.15) is 5.75 Å². The molecule has 0 bridgehead atoms. The number of rotatable bonds is 4. The maximum atomic E-state index is 12.4. The largest absolute Gasteiger partial charge is 0.477 e. The van der Waals surface area contributed by atoms with Crippen LogP contribution in [0.2, 0.25) is 5.02 Å². The van der Waals surface area contributed by atoms with Crippen LogP contribution in [0.5, 0.6) is 5.75 Å². The number of benzene rings is 2. The minimum Gasteiger partial charge on any atom is -0.477 e. The average Bonchev–Trinajstić information content (AvgIpc) is 2.62. The normalized spacial score (nSPS) is 15.8. The van der Waals surface area contributed by atoms with Gasteiger partial charge >= 0.3 is 0 Å². The first-order chi connectivity index (χ1) is 12.1. The number of nitrogens with one attached hydrogen (secondary N) is 2. The van der Waals surface area contributed by atoms with Crippen molar-refractivity contribution in [3.8, 4) is 5.75 Å². The molecule has 7 heteroatoms. The van der Waals surface area contributed by atoms with Crippen LogP contribution in [0, 0.1) is 0 Å². The topological polar surface area (TPSA) is 70.7 Å². The Morgan fingerprint density at radius 2 is 1.92 bits per heavy atom. The second kappa shape index (κ2) is 7.44. The molecule has 2 N–H and O–H groups in total. The summed E-state index contributed by atoms with van der Waals surface area (Å²) < 4.78 is 5.73. The third kappa shape index (κ3) is 4.03. The van der Waals surface area contributed by atoms with Gasteiger partial charge in [-0.15, -0.1) is 0 Å². The maximum Gasteiger partial charge on any atom is 0.262 e. The quantitative estimate of drug-likeness (QED) is 0.878. The van der Waals surface area contributed by atoms with E-state index in [1.54, 1.807) is 37.4 Å². The molecule has 1 aliphatic heterocycles. The van der Waals surface area contributed by atoms with Crippen LogP contribution < -0.4 is 20.3 Å². The van der Waals surface area contributed by atoms with Gasteiger partial charge in [0.15, 0.2) is 6.10 Å². The fourth-order valence-electron chi connectivity index (χ4n) is 2.66. The molecule has 0 saturated carbocycles. The molecule has 2 aromatic rings. The number of halogens is 1. The molecule has 0 aliphatic carbocycles. The molecule has 0 spiro atoms. The zero-order valence-electron chi connectivity index (χ0n) is 13.7. The number of fused-ring (bicyclic) bond motifs is 1. The number of hydrogen-bond donors (Lipinski definition) is 2. The van der Waals surface area contributed by atoms with E-state index in [1.807, 2.05) is 23.1 Å². The SMILES string of the molecule is CNC(=O)[C@@H]1CN(CC(=O)Nc2ccc(Cl)cc2)c2ccccc2O1. The summed E-state index contributed by atoms with van der Waals surface area (Å²) in [5.74, 6) is 0.175. The summed E-state index contributed by atoms with van der Waals surface area (Å²) in [4.78, 5) is 26.2. The van der Waals surface area contributed by atoms with Crippen LogP contribution >= 0.6 is 11.6 Å². The molecule has 2 aromatic carbocycles. The lowest BCUT2D eigenvalue weighted by atomic mass is 10.1. The lowest BCUT2D eigenvalue weighted by Crippen LogP contribution is -2.50. The van der Waals surface area contributed by atoms with E-state index in [9.17, 15) is 9.59 Å². The Hall–Kier alpha value is -2.73. The first-order valence-corrected chi connectivity index (χ1v) is 8.22.